The predicted octanol–water partition coefficient (Wildman–Crippen LogP) is 1.60. The zero-order valence-corrected chi connectivity index (χ0v) is 13.1. The molecule has 6 heteroatoms. The molecule has 1 saturated heterocycles. The summed E-state index contributed by atoms with van der Waals surface area (Å²) in [5.41, 5.74) is 3.02. The molecule has 0 bridgehead atoms. The second kappa shape index (κ2) is 5.35. The molecule has 0 amide bonds. The largest absolute Gasteiger partial charge is 0.366 e. The normalized spacial score (nSPS) is 27.1. The highest BCUT2D eigenvalue weighted by Gasteiger charge is 2.37. The number of hydrogen-bond donors (Lipinski definition) is 2. The molecule has 0 unspecified atom stereocenters. The van der Waals surface area contributed by atoms with Crippen molar-refractivity contribution in [3.05, 3.63) is 23.9 Å². The van der Waals surface area contributed by atoms with Gasteiger partial charge in [-0.3, -0.25) is 4.68 Å². The van der Waals surface area contributed by atoms with Crippen LogP contribution >= 0.6 is 0 Å². The van der Waals surface area contributed by atoms with Gasteiger partial charge in [0.1, 0.15) is 11.5 Å². The van der Waals surface area contributed by atoms with E-state index in [1.165, 1.54) is 25.9 Å². The molecule has 1 aliphatic carbocycles. The summed E-state index contributed by atoms with van der Waals surface area (Å²) in [6.07, 6.45) is 4.33. The van der Waals surface area contributed by atoms with Crippen LogP contribution in [0.2, 0.25) is 0 Å². The Morgan fingerprint density at radius 3 is 2.55 bits per heavy atom. The summed E-state index contributed by atoms with van der Waals surface area (Å²) in [5, 5.41) is 20.0. The lowest BCUT2D eigenvalue weighted by atomic mass is 10.0. The van der Waals surface area contributed by atoms with Gasteiger partial charge >= 0.3 is 0 Å². The smallest absolute Gasteiger partial charge is 0.148 e. The van der Waals surface area contributed by atoms with Gasteiger partial charge in [-0.25, -0.2) is 0 Å². The first-order valence-corrected chi connectivity index (χ1v) is 8.00. The standard InChI is InChI=1S/C16H22N6/c1-10-7-18-22(2)16(10)14-3-4-15(21-20-14)19-13-5-11-8-17-9-12(11)6-13/h3-4,7,11-13,17H,5-6,8-9H2,1-2H3,(H,19,21)/t11-,12+,13+. The van der Waals surface area contributed by atoms with Crippen LogP contribution in [-0.4, -0.2) is 39.1 Å². The van der Waals surface area contributed by atoms with Gasteiger partial charge in [0.25, 0.3) is 0 Å². The number of aromatic nitrogens is 4. The van der Waals surface area contributed by atoms with Gasteiger partial charge in [0, 0.05) is 13.1 Å². The second-order valence-corrected chi connectivity index (χ2v) is 6.59. The number of aryl methyl sites for hydroxylation is 2. The summed E-state index contributed by atoms with van der Waals surface area (Å²) >= 11 is 0. The molecule has 22 heavy (non-hydrogen) atoms. The van der Waals surface area contributed by atoms with E-state index in [0.29, 0.717) is 6.04 Å². The molecule has 116 valence electrons. The van der Waals surface area contributed by atoms with Crippen LogP contribution in [0.3, 0.4) is 0 Å². The highest BCUT2D eigenvalue weighted by Crippen LogP contribution is 2.35. The minimum Gasteiger partial charge on any atom is -0.366 e. The van der Waals surface area contributed by atoms with E-state index in [4.69, 9.17) is 0 Å². The van der Waals surface area contributed by atoms with Crippen molar-refractivity contribution in [3.63, 3.8) is 0 Å². The molecule has 3 heterocycles. The topological polar surface area (TPSA) is 67.7 Å². The van der Waals surface area contributed by atoms with Gasteiger partial charge in [0.2, 0.25) is 0 Å². The Hall–Kier alpha value is -1.95. The van der Waals surface area contributed by atoms with Crippen LogP contribution in [0, 0.1) is 18.8 Å². The molecule has 1 aliphatic heterocycles. The lowest BCUT2D eigenvalue weighted by Crippen LogP contribution is -2.21. The molecule has 0 spiro atoms. The third-order valence-corrected chi connectivity index (χ3v) is 5.04. The minimum atomic E-state index is 0.538. The van der Waals surface area contributed by atoms with Gasteiger partial charge in [-0.1, -0.05) is 0 Å². The fourth-order valence-corrected chi connectivity index (χ4v) is 3.94. The van der Waals surface area contributed by atoms with Crippen molar-refractivity contribution in [3.8, 4) is 11.4 Å². The average Bonchev–Trinajstić information content (AvgIpc) is 3.16. The van der Waals surface area contributed by atoms with Crippen LogP contribution in [0.25, 0.3) is 11.4 Å². The molecule has 4 rings (SSSR count). The van der Waals surface area contributed by atoms with Crippen LogP contribution < -0.4 is 10.6 Å². The van der Waals surface area contributed by atoms with Crippen LogP contribution in [0.4, 0.5) is 5.82 Å². The van der Waals surface area contributed by atoms with Crippen LogP contribution in [0.1, 0.15) is 18.4 Å². The van der Waals surface area contributed by atoms with Crippen molar-refractivity contribution in [1.82, 2.24) is 25.3 Å². The first-order valence-electron chi connectivity index (χ1n) is 8.00. The van der Waals surface area contributed by atoms with Crippen molar-refractivity contribution in [2.24, 2.45) is 18.9 Å². The van der Waals surface area contributed by atoms with Gasteiger partial charge in [-0.05, 0) is 62.4 Å². The second-order valence-electron chi connectivity index (χ2n) is 6.59. The molecule has 2 fully saturated rings. The van der Waals surface area contributed by atoms with Crippen LogP contribution in [0.15, 0.2) is 18.3 Å². The van der Waals surface area contributed by atoms with E-state index in [0.717, 1.165) is 34.6 Å². The maximum absolute atomic E-state index is 4.37. The number of anilines is 1. The molecular weight excluding hydrogens is 276 g/mol. The number of fused-ring (bicyclic) bond motifs is 1. The molecular formula is C16H22N6. The highest BCUT2D eigenvalue weighted by molar-refractivity contribution is 5.59. The van der Waals surface area contributed by atoms with E-state index in [9.17, 15) is 0 Å². The van der Waals surface area contributed by atoms with Crippen LogP contribution in [-0.2, 0) is 7.05 Å². The summed E-state index contributed by atoms with van der Waals surface area (Å²) in [6, 6.07) is 4.59. The Morgan fingerprint density at radius 1 is 1.18 bits per heavy atom. The number of hydrogen-bond acceptors (Lipinski definition) is 5. The zero-order valence-electron chi connectivity index (χ0n) is 13.1. The maximum atomic E-state index is 4.37. The van der Waals surface area contributed by atoms with Crippen LogP contribution in [0.5, 0.6) is 0 Å². The molecule has 2 aliphatic rings. The molecule has 1 saturated carbocycles. The number of nitrogens with one attached hydrogen (secondary N) is 2. The number of rotatable bonds is 3. The third-order valence-electron chi connectivity index (χ3n) is 5.04. The van der Waals surface area contributed by atoms with E-state index in [1.54, 1.807) is 0 Å². The lowest BCUT2D eigenvalue weighted by molar-refractivity contribution is 0.494. The quantitative estimate of drug-likeness (QED) is 0.901. The van der Waals surface area contributed by atoms with Crippen molar-refractivity contribution in [1.29, 1.82) is 0 Å². The van der Waals surface area contributed by atoms with E-state index in [-0.39, 0.29) is 0 Å². The molecule has 6 nitrogen and oxygen atoms in total. The van der Waals surface area contributed by atoms with Gasteiger partial charge in [0.05, 0.1) is 11.9 Å². The monoisotopic (exact) mass is 298 g/mol. The molecule has 2 aromatic rings. The Kier molecular flexibility index (Phi) is 3.33. The molecule has 2 N–H and O–H groups in total. The summed E-state index contributed by atoms with van der Waals surface area (Å²) in [5.74, 6) is 2.55. The average molecular weight is 298 g/mol. The summed E-state index contributed by atoms with van der Waals surface area (Å²) in [7, 11) is 1.93. The first kappa shape index (κ1) is 13.7. The summed E-state index contributed by atoms with van der Waals surface area (Å²) < 4.78 is 1.84. The molecule has 3 atom stereocenters. The predicted molar refractivity (Wildman–Crippen MR) is 85.5 cm³/mol. The number of nitrogens with zero attached hydrogens (tertiary/aromatic N) is 4. The van der Waals surface area contributed by atoms with Crippen molar-refractivity contribution in [2.75, 3.05) is 18.4 Å². The van der Waals surface area contributed by atoms with Gasteiger partial charge in [-0.2, -0.15) is 5.10 Å². The Bertz CT molecular complexity index is 630. The van der Waals surface area contributed by atoms with E-state index >= 15 is 0 Å². The molecule has 0 radical (unpaired) electrons. The summed E-state index contributed by atoms with van der Waals surface area (Å²) in [6.45, 7) is 4.39. The van der Waals surface area contributed by atoms with E-state index in [1.807, 2.05) is 37.0 Å². The highest BCUT2D eigenvalue weighted by atomic mass is 15.3. The maximum Gasteiger partial charge on any atom is 0.148 e. The van der Waals surface area contributed by atoms with Gasteiger partial charge in [0.15, 0.2) is 0 Å². The van der Waals surface area contributed by atoms with Crippen molar-refractivity contribution in [2.45, 2.75) is 25.8 Å². The Balaban J connectivity index is 1.46. The third kappa shape index (κ3) is 2.37. The Morgan fingerprint density at radius 2 is 1.95 bits per heavy atom. The summed E-state index contributed by atoms with van der Waals surface area (Å²) in [4.78, 5) is 0. The molecule has 0 aromatic carbocycles. The molecule has 2 aromatic heterocycles. The van der Waals surface area contributed by atoms with Gasteiger partial charge < -0.3 is 10.6 Å². The lowest BCUT2D eigenvalue weighted by Gasteiger charge is -2.14. The van der Waals surface area contributed by atoms with Crippen molar-refractivity contribution < 1.29 is 0 Å². The first-order chi connectivity index (χ1) is 10.7. The van der Waals surface area contributed by atoms with E-state index < -0.39 is 0 Å². The van der Waals surface area contributed by atoms with Gasteiger partial charge in [-0.15, -0.1) is 10.2 Å². The zero-order chi connectivity index (χ0) is 15.1. The fourth-order valence-electron chi connectivity index (χ4n) is 3.94. The van der Waals surface area contributed by atoms with E-state index in [2.05, 4.69) is 25.9 Å². The van der Waals surface area contributed by atoms with Crippen molar-refractivity contribution >= 4 is 5.82 Å². The minimum absolute atomic E-state index is 0.538. The Labute approximate surface area is 130 Å². The SMILES string of the molecule is Cc1cnn(C)c1-c1ccc(N[C@@H]2C[C@H]3CNC[C@H]3C2)nn1. The fraction of sp³-hybridized carbons (Fsp3) is 0.562.